The Bertz CT molecular complexity index is 1100. The SMILES string of the molecule is Cc1cccc(NC(=O)CSCc2cc(=O)n3c4c(sc3n2)CCCC4)c1C. The van der Waals surface area contributed by atoms with Gasteiger partial charge in [-0.05, 0) is 56.7 Å². The number of benzene rings is 1. The predicted octanol–water partition coefficient (Wildman–Crippen LogP) is 4.12. The van der Waals surface area contributed by atoms with Crippen molar-refractivity contribution in [1.82, 2.24) is 9.38 Å². The Kier molecular flexibility index (Phi) is 5.55. The average molecular weight is 414 g/mol. The molecule has 0 radical (unpaired) electrons. The van der Waals surface area contributed by atoms with Crippen molar-refractivity contribution < 1.29 is 4.79 Å². The number of hydrogen-bond donors (Lipinski definition) is 1. The summed E-state index contributed by atoms with van der Waals surface area (Å²) in [6.45, 7) is 4.04. The first-order valence-corrected chi connectivity index (χ1v) is 11.5. The molecule has 0 unspecified atom stereocenters. The van der Waals surface area contributed by atoms with E-state index in [-0.39, 0.29) is 11.5 Å². The molecule has 2 aromatic heterocycles. The van der Waals surface area contributed by atoms with Gasteiger partial charge in [0.2, 0.25) is 5.91 Å². The second kappa shape index (κ2) is 8.09. The van der Waals surface area contributed by atoms with E-state index in [1.54, 1.807) is 21.8 Å². The van der Waals surface area contributed by atoms with Crippen LogP contribution in [0.25, 0.3) is 4.96 Å². The van der Waals surface area contributed by atoms with Gasteiger partial charge in [-0.3, -0.25) is 14.0 Å². The van der Waals surface area contributed by atoms with Crippen LogP contribution in [0.1, 0.15) is 40.2 Å². The second-order valence-electron chi connectivity index (χ2n) is 7.17. The highest BCUT2D eigenvalue weighted by Gasteiger charge is 2.18. The van der Waals surface area contributed by atoms with Gasteiger partial charge >= 0.3 is 0 Å². The molecule has 1 N–H and O–H groups in total. The highest BCUT2D eigenvalue weighted by molar-refractivity contribution is 7.99. The van der Waals surface area contributed by atoms with E-state index in [1.807, 2.05) is 32.0 Å². The summed E-state index contributed by atoms with van der Waals surface area (Å²) in [6, 6.07) is 7.50. The fraction of sp³-hybridized carbons (Fsp3) is 0.381. The molecular weight excluding hydrogens is 390 g/mol. The summed E-state index contributed by atoms with van der Waals surface area (Å²) in [5.74, 6) is 0.840. The number of rotatable bonds is 5. The van der Waals surface area contributed by atoms with Gasteiger partial charge < -0.3 is 5.32 Å². The first kappa shape index (κ1) is 19.2. The maximum Gasteiger partial charge on any atom is 0.259 e. The van der Waals surface area contributed by atoms with Gasteiger partial charge in [0.15, 0.2) is 4.96 Å². The number of aromatic nitrogens is 2. The van der Waals surface area contributed by atoms with Crippen molar-refractivity contribution in [2.45, 2.75) is 45.3 Å². The van der Waals surface area contributed by atoms with Crippen LogP contribution >= 0.6 is 23.1 Å². The van der Waals surface area contributed by atoms with E-state index in [0.29, 0.717) is 11.5 Å². The number of thioether (sulfide) groups is 1. The van der Waals surface area contributed by atoms with Gasteiger partial charge in [0.25, 0.3) is 5.56 Å². The minimum Gasteiger partial charge on any atom is -0.325 e. The van der Waals surface area contributed by atoms with Crippen LogP contribution in [0, 0.1) is 13.8 Å². The molecule has 0 atom stereocenters. The van der Waals surface area contributed by atoms with Gasteiger partial charge in [-0.1, -0.05) is 12.1 Å². The van der Waals surface area contributed by atoms with Crippen molar-refractivity contribution in [3.05, 3.63) is 62.0 Å². The number of nitrogens with one attached hydrogen (secondary N) is 1. The van der Waals surface area contributed by atoms with E-state index in [4.69, 9.17) is 0 Å². The summed E-state index contributed by atoms with van der Waals surface area (Å²) in [7, 11) is 0. The molecule has 0 spiro atoms. The lowest BCUT2D eigenvalue weighted by Gasteiger charge is -2.10. The van der Waals surface area contributed by atoms with Crippen LogP contribution in [0.2, 0.25) is 0 Å². The Morgan fingerprint density at radius 1 is 1.29 bits per heavy atom. The molecule has 0 aliphatic heterocycles. The Morgan fingerprint density at radius 2 is 2.11 bits per heavy atom. The number of fused-ring (bicyclic) bond motifs is 3. The van der Waals surface area contributed by atoms with Crippen molar-refractivity contribution >= 4 is 39.7 Å². The standard InChI is InChI=1S/C21H23N3O2S2/c1-13-6-5-7-16(14(13)2)23-19(25)12-27-11-15-10-20(26)24-17-8-3-4-9-18(17)28-21(24)22-15/h5-7,10H,3-4,8-9,11-12H2,1-2H3,(H,23,25). The van der Waals surface area contributed by atoms with Gasteiger partial charge in [-0.25, -0.2) is 4.98 Å². The molecule has 0 saturated carbocycles. The quantitative estimate of drug-likeness (QED) is 0.683. The van der Waals surface area contributed by atoms with Crippen LogP contribution in [0.15, 0.2) is 29.1 Å². The van der Waals surface area contributed by atoms with Crippen LogP contribution in [-0.4, -0.2) is 21.0 Å². The summed E-state index contributed by atoms with van der Waals surface area (Å²) < 4.78 is 1.78. The molecule has 1 aliphatic rings. The zero-order valence-electron chi connectivity index (χ0n) is 16.1. The normalized spacial score (nSPS) is 13.5. The molecule has 4 rings (SSSR count). The van der Waals surface area contributed by atoms with Crippen molar-refractivity contribution in [1.29, 1.82) is 0 Å². The third-order valence-corrected chi connectivity index (χ3v) is 7.29. The minimum absolute atomic E-state index is 0.000151. The average Bonchev–Trinajstić information content (AvgIpc) is 3.04. The largest absolute Gasteiger partial charge is 0.325 e. The molecule has 1 aliphatic carbocycles. The van der Waals surface area contributed by atoms with Crippen LogP contribution in [0.3, 0.4) is 0 Å². The number of thiazole rings is 1. The zero-order valence-corrected chi connectivity index (χ0v) is 17.7. The number of carbonyl (C=O) groups excluding carboxylic acids is 1. The van der Waals surface area contributed by atoms with E-state index >= 15 is 0 Å². The Morgan fingerprint density at radius 3 is 2.96 bits per heavy atom. The molecule has 5 nitrogen and oxygen atoms in total. The lowest BCUT2D eigenvalue weighted by Crippen LogP contribution is -2.18. The molecule has 3 aromatic rings. The summed E-state index contributed by atoms with van der Waals surface area (Å²) >= 11 is 3.11. The Labute approximate surface area is 172 Å². The van der Waals surface area contributed by atoms with Crippen LogP contribution in [0.5, 0.6) is 0 Å². The van der Waals surface area contributed by atoms with Gasteiger partial charge in [-0.15, -0.1) is 23.1 Å². The van der Waals surface area contributed by atoms with Crippen LogP contribution in [-0.2, 0) is 23.4 Å². The number of amides is 1. The second-order valence-corrected chi connectivity index (χ2v) is 9.22. The fourth-order valence-electron chi connectivity index (χ4n) is 3.54. The summed E-state index contributed by atoms with van der Waals surface area (Å²) in [5, 5.41) is 2.97. The maximum atomic E-state index is 12.6. The van der Waals surface area contributed by atoms with Crippen LogP contribution in [0.4, 0.5) is 5.69 Å². The smallest absolute Gasteiger partial charge is 0.259 e. The van der Waals surface area contributed by atoms with Gasteiger partial charge in [0.1, 0.15) is 0 Å². The summed E-state index contributed by atoms with van der Waals surface area (Å²) in [5.41, 5.74) is 4.99. The molecule has 0 bridgehead atoms. The van der Waals surface area contributed by atoms with E-state index in [1.165, 1.54) is 23.1 Å². The van der Waals surface area contributed by atoms with Gasteiger partial charge in [0, 0.05) is 28.1 Å². The van der Waals surface area contributed by atoms with E-state index < -0.39 is 0 Å². The molecule has 0 saturated heterocycles. The minimum atomic E-state index is -0.0388. The Balaban J connectivity index is 1.41. The zero-order chi connectivity index (χ0) is 19.7. The molecule has 146 valence electrons. The number of anilines is 1. The maximum absolute atomic E-state index is 12.6. The highest BCUT2D eigenvalue weighted by Crippen LogP contribution is 2.28. The third kappa shape index (κ3) is 3.86. The molecule has 1 aromatic carbocycles. The first-order chi connectivity index (χ1) is 13.5. The number of aryl methyl sites for hydroxylation is 3. The third-order valence-electron chi connectivity index (χ3n) is 5.18. The molecule has 7 heteroatoms. The monoisotopic (exact) mass is 413 g/mol. The van der Waals surface area contributed by atoms with Gasteiger partial charge in [0.05, 0.1) is 11.4 Å². The van der Waals surface area contributed by atoms with Crippen LogP contribution < -0.4 is 10.9 Å². The van der Waals surface area contributed by atoms with E-state index in [9.17, 15) is 9.59 Å². The predicted molar refractivity (Wildman–Crippen MR) is 117 cm³/mol. The van der Waals surface area contributed by atoms with Crippen molar-refractivity contribution in [3.8, 4) is 0 Å². The highest BCUT2D eigenvalue weighted by atomic mass is 32.2. The van der Waals surface area contributed by atoms with Crippen molar-refractivity contribution in [2.75, 3.05) is 11.1 Å². The van der Waals surface area contributed by atoms with Crippen molar-refractivity contribution in [2.24, 2.45) is 0 Å². The lowest BCUT2D eigenvalue weighted by molar-refractivity contribution is -0.113. The summed E-state index contributed by atoms with van der Waals surface area (Å²) in [4.78, 5) is 31.6. The molecule has 2 heterocycles. The van der Waals surface area contributed by atoms with Crippen molar-refractivity contribution in [3.63, 3.8) is 0 Å². The lowest BCUT2D eigenvalue weighted by atomic mass is 10.0. The Hall–Kier alpha value is -2.12. The number of nitrogens with zero attached hydrogens (tertiary/aromatic N) is 2. The topological polar surface area (TPSA) is 63.5 Å². The molecular formula is C21H23N3O2S2. The fourth-order valence-corrected chi connectivity index (χ4v) is 5.49. The summed E-state index contributed by atoms with van der Waals surface area (Å²) in [6.07, 6.45) is 4.33. The molecule has 28 heavy (non-hydrogen) atoms. The first-order valence-electron chi connectivity index (χ1n) is 9.50. The van der Waals surface area contributed by atoms with Gasteiger partial charge in [-0.2, -0.15) is 0 Å². The van der Waals surface area contributed by atoms with E-state index in [2.05, 4.69) is 10.3 Å². The molecule has 1 amide bonds. The number of hydrogen-bond acceptors (Lipinski definition) is 5. The number of carbonyl (C=O) groups is 1. The van der Waals surface area contributed by atoms with E-state index in [0.717, 1.165) is 52.4 Å². The molecule has 0 fully saturated rings.